The Morgan fingerprint density at radius 2 is 2.26 bits per heavy atom. The number of nitrogens with one attached hydrogen (secondary N) is 2. The van der Waals surface area contributed by atoms with Crippen LogP contribution in [0, 0.1) is 5.82 Å². The summed E-state index contributed by atoms with van der Waals surface area (Å²) in [6.45, 7) is 2.07. The van der Waals surface area contributed by atoms with E-state index < -0.39 is 0 Å². The normalized spacial score (nSPS) is 15.9. The molecular weight excluding hydrogens is 247 g/mol. The molecule has 1 atom stereocenters. The van der Waals surface area contributed by atoms with Crippen molar-refractivity contribution in [2.45, 2.75) is 38.4 Å². The minimum absolute atomic E-state index is 0.0363. The molecule has 0 spiro atoms. The summed E-state index contributed by atoms with van der Waals surface area (Å²) in [5.41, 5.74) is 0.491. The van der Waals surface area contributed by atoms with Gasteiger partial charge in [0.2, 0.25) is 5.91 Å². The van der Waals surface area contributed by atoms with Gasteiger partial charge in [0.25, 0.3) is 0 Å². The van der Waals surface area contributed by atoms with Crippen LogP contribution in [-0.2, 0) is 11.3 Å². The SMILES string of the molecule is COc1cccc(CNC(C)C(=O)NC2CC2)c1F. The third kappa shape index (κ3) is 3.67. The molecule has 0 radical (unpaired) electrons. The molecule has 0 bridgehead atoms. The summed E-state index contributed by atoms with van der Waals surface area (Å²) in [6, 6.07) is 4.98. The van der Waals surface area contributed by atoms with E-state index in [0.717, 1.165) is 12.8 Å². The third-order valence-electron chi connectivity index (χ3n) is 3.18. The standard InChI is InChI=1S/C14H19FN2O2/c1-9(14(18)17-11-6-7-11)16-8-10-4-3-5-12(19-2)13(10)15/h3-5,9,11,16H,6-8H2,1-2H3,(H,17,18). The summed E-state index contributed by atoms with van der Waals surface area (Å²) >= 11 is 0. The fourth-order valence-corrected chi connectivity index (χ4v) is 1.76. The van der Waals surface area contributed by atoms with Gasteiger partial charge in [0.15, 0.2) is 11.6 Å². The van der Waals surface area contributed by atoms with E-state index >= 15 is 0 Å². The fraction of sp³-hybridized carbons (Fsp3) is 0.500. The average molecular weight is 266 g/mol. The number of carbonyl (C=O) groups excluding carboxylic acids is 1. The first kappa shape index (κ1) is 13.8. The second kappa shape index (κ2) is 6.02. The molecule has 2 rings (SSSR count). The number of rotatable bonds is 6. The zero-order valence-corrected chi connectivity index (χ0v) is 11.2. The van der Waals surface area contributed by atoms with E-state index in [2.05, 4.69) is 10.6 Å². The zero-order valence-electron chi connectivity index (χ0n) is 11.2. The fourth-order valence-electron chi connectivity index (χ4n) is 1.76. The van der Waals surface area contributed by atoms with Crippen LogP contribution < -0.4 is 15.4 Å². The second-order valence-electron chi connectivity index (χ2n) is 4.82. The van der Waals surface area contributed by atoms with Crippen LogP contribution >= 0.6 is 0 Å². The Bertz CT molecular complexity index is 461. The van der Waals surface area contributed by atoms with Crippen molar-refractivity contribution in [1.82, 2.24) is 10.6 Å². The molecule has 1 amide bonds. The van der Waals surface area contributed by atoms with Crippen molar-refractivity contribution in [3.8, 4) is 5.75 Å². The molecule has 0 aromatic heterocycles. The van der Waals surface area contributed by atoms with E-state index in [9.17, 15) is 9.18 Å². The predicted octanol–water partition coefficient (Wildman–Crippen LogP) is 1.59. The molecule has 0 aliphatic heterocycles. The molecule has 1 aliphatic rings. The molecule has 1 aromatic rings. The topological polar surface area (TPSA) is 50.4 Å². The van der Waals surface area contributed by atoms with E-state index in [4.69, 9.17) is 4.74 Å². The van der Waals surface area contributed by atoms with Gasteiger partial charge >= 0.3 is 0 Å². The number of ether oxygens (including phenoxy) is 1. The van der Waals surface area contributed by atoms with Crippen molar-refractivity contribution in [3.05, 3.63) is 29.6 Å². The number of carbonyl (C=O) groups is 1. The molecule has 1 aromatic carbocycles. The van der Waals surface area contributed by atoms with Crippen LogP contribution in [0.3, 0.4) is 0 Å². The van der Waals surface area contributed by atoms with Gasteiger partial charge in [0, 0.05) is 18.2 Å². The highest BCUT2D eigenvalue weighted by atomic mass is 19.1. The third-order valence-corrected chi connectivity index (χ3v) is 3.18. The van der Waals surface area contributed by atoms with Gasteiger partial charge in [0.1, 0.15) is 0 Å². The minimum atomic E-state index is -0.382. The summed E-state index contributed by atoms with van der Waals surface area (Å²) in [7, 11) is 1.43. The maximum absolute atomic E-state index is 13.9. The molecule has 1 saturated carbocycles. The van der Waals surface area contributed by atoms with Crippen molar-refractivity contribution >= 4 is 5.91 Å². The number of hydrogen-bond donors (Lipinski definition) is 2. The second-order valence-corrected chi connectivity index (χ2v) is 4.82. The van der Waals surface area contributed by atoms with E-state index in [1.165, 1.54) is 7.11 Å². The van der Waals surface area contributed by atoms with E-state index in [1.54, 1.807) is 25.1 Å². The van der Waals surface area contributed by atoms with Crippen molar-refractivity contribution in [3.63, 3.8) is 0 Å². The first-order valence-electron chi connectivity index (χ1n) is 6.47. The number of hydrogen-bond acceptors (Lipinski definition) is 3. The Hall–Kier alpha value is -1.62. The predicted molar refractivity (Wildman–Crippen MR) is 70.4 cm³/mol. The van der Waals surface area contributed by atoms with Crippen LogP contribution in [0.15, 0.2) is 18.2 Å². The maximum Gasteiger partial charge on any atom is 0.237 e. The van der Waals surface area contributed by atoms with Gasteiger partial charge in [-0.2, -0.15) is 0 Å². The van der Waals surface area contributed by atoms with Gasteiger partial charge in [-0.05, 0) is 25.8 Å². The molecule has 0 saturated heterocycles. The molecule has 5 heteroatoms. The quantitative estimate of drug-likeness (QED) is 0.822. The molecule has 0 heterocycles. The maximum atomic E-state index is 13.9. The van der Waals surface area contributed by atoms with Crippen molar-refractivity contribution < 1.29 is 13.9 Å². The largest absolute Gasteiger partial charge is 0.494 e. The first-order chi connectivity index (χ1) is 9.11. The van der Waals surface area contributed by atoms with Crippen LogP contribution in [0.2, 0.25) is 0 Å². The number of amides is 1. The number of halogens is 1. The van der Waals surface area contributed by atoms with Crippen molar-refractivity contribution in [1.29, 1.82) is 0 Å². The zero-order chi connectivity index (χ0) is 13.8. The Morgan fingerprint density at radius 1 is 1.53 bits per heavy atom. The number of benzene rings is 1. The van der Waals surface area contributed by atoms with Crippen LogP contribution in [-0.4, -0.2) is 25.1 Å². The van der Waals surface area contributed by atoms with Gasteiger partial charge < -0.3 is 15.4 Å². The van der Waals surface area contributed by atoms with E-state index in [-0.39, 0.29) is 23.5 Å². The Balaban J connectivity index is 1.88. The molecule has 4 nitrogen and oxygen atoms in total. The van der Waals surface area contributed by atoms with E-state index in [0.29, 0.717) is 18.2 Å². The Labute approximate surface area is 112 Å². The van der Waals surface area contributed by atoms with Crippen LogP contribution in [0.1, 0.15) is 25.3 Å². The van der Waals surface area contributed by atoms with Gasteiger partial charge in [-0.25, -0.2) is 4.39 Å². The molecule has 1 fully saturated rings. The van der Waals surface area contributed by atoms with Crippen LogP contribution in [0.5, 0.6) is 5.75 Å². The minimum Gasteiger partial charge on any atom is -0.494 e. The Morgan fingerprint density at radius 3 is 2.89 bits per heavy atom. The smallest absolute Gasteiger partial charge is 0.237 e. The van der Waals surface area contributed by atoms with Crippen molar-refractivity contribution in [2.75, 3.05) is 7.11 Å². The first-order valence-corrected chi connectivity index (χ1v) is 6.47. The molecule has 2 N–H and O–H groups in total. The molecule has 1 unspecified atom stereocenters. The van der Waals surface area contributed by atoms with Crippen LogP contribution in [0.25, 0.3) is 0 Å². The summed E-state index contributed by atoms with van der Waals surface area (Å²) in [4.78, 5) is 11.7. The summed E-state index contributed by atoms with van der Waals surface area (Å²) in [5.74, 6) is -0.201. The summed E-state index contributed by atoms with van der Waals surface area (Å²) in [5, 5.41) is 5.92. The van der Waals surface area contributed by atoms with Crippen molar-refractivity contribution in [2.24, 2.45) is 0 Å². The highest BCUT2D eigenvalue weighted by Gasteiger charge is 2.25. The lowest BCUT2D eigenvalue weighted by molar-refractivity contribution is -0.122. The van der Waals surface area contributed by atoms with Gasteiger partial charge in [-0.3, -0.25) is 4.79 Å². The monoisotopic (exact) mass is 266 g/mol. The highest BCUT2D eigenvalue weighted by molar-refractivity contribution is 5.81. The molecule has 19 heavy (non-hydrogen) atoms. The van der Waals surface area contributed by atoms with Gasteiger partial charge in [-0.15, -0.1) is 0 Å². The summed E-state index contributed by atoms with van der Waals surface area (Å²) < 4.78 is 18.8. The molecule has 1 aliphatic carbocycles. The van der Waals surface area contributed by atoms with Gasteiger partial charge in [0.05, 0.1) is 13.2 Å². The summed E-state index contributed by atoms with van der Waals surface area (Å²) in [6.07, 6.45) is 2.12. The van der Waals surface area contributed by atoms with E-state index in [1.807, 2.05) is 0 Å². The lowest BCUT2D eigenvalue weighted by Gasteiger charge is -2.14. The van der Waals surface area contributed by atoms with Gasteiger partial charge in [-0.1, -0.05) is 12.1 Å². The molecular formula is C14H19FN2O2. The Kier molecular flexibility index (Phi) is 4.37. The molecule has 104 valence electrons. The lowest BCUT2D eigenvalue weighted by atomic mass is 10.2. The highest BCUT2D eigenvalue weighted by Crippen LogP contribution is 2.20. The average Bonchev–Trinajstić information content (AvgIpc) is 3.21. The van der Waals surface area contributed by atoms with Crippen LogP contribution in [0.4, 0.5) is 4.39 Å². The number of methoxy groups -OCH3 is 1. The lowest BCUT2D eigenvalue weighted by Crippen LogP contribution is -2.42.